The van der Waals surface area contributed by atoms with Crippen LogP contribution in [0.2, 0.25) is 0 Å². The highest BCUT2D eigenvalue weighted by atomic mass is 16.5. The molecular weight excluding hydrogens is 186 g/mol. The predicted molar refractivity (Wildman–Crippen MR) is 50.2 cm³/mol. The lowest BCUT2D eigenvalue weighted by Crippen LogP contribution is -2.38. The molecular formula is C8H11N3O3. The fraction of sp³-hybridized carbons (Fsp3) is 0.500. The number of nitrogens with zero attached hydrogens (tertiary/aromatic N) is 1. The van der Waals surface area contributed by atoms with E-state index in [9.17, 15) is 9.59 Å². The summed E-state index contributed by atoms with van der Waals surface area (Å²) in [5, 5.41) is 0. The highest BCUT2D eigenvalue weighted by Gasteiger charge is 2.20. The van der Waals surface area contributed by atoms with Gasteiger partial charge in [-0.15, -0.1) is 0 Å². The second-order valence-corrected chi connectivity index (χ2v) is 3.26. The molecule has 0 aliphatic carbocycles. The Morgan fingerprint density at radius 1 is 1.57 bits per heavy atom. The first-order valence-electron chi connectivity index (χ1n) is 4.37. The van der Waals surface area contributed by atoms with Crippen LogP contribution in [0.5, 0.6) is 0 Å². The van der Waals surface area contributed by atoms with Crippen LogP contribution in [0.4, 0.5) is 5.82 Å². The monoisotopic (exact) mass is 197 g/mol. The molecule has 6 heteroatoms. The number of aromatic nitrogens is 2. The van der Waals surface area contributed by atoms with Crippen molar-refractivity contribution in [1.29, 1.82) is 0 Å². The van der Waals surface area contributed by atoms with E-state index in [1.54, 1.807) is 0 Å². The first kappa shape index (κ1) is 9.01. The SMILES string of the molecule is Nc1cc(=O)n(C2CCOC2)c(=O)[nH]1. The van der Waals surface area contributed by atoms with Gasteiger partial charge in [-0.2, -0.15) is 0 Å². The number of hydrogen-bond acceptors (Lipinski definition) is 4. The van der Waals surface area contributed by atoms with Gasteiger partial charge in [-0.05, 0) is 6.42 Å². The van der Waals surface area contributed by atoms with E-state index in [1.807, 2.05) is 0 Å². The van der Waals surface area contributed by atoms with Crippen LogP contribution in [0.25, 0.3) is 0 Å². The van der Waals surface area contributed by atoms with Crippen molar-refractivity contribution in [1.82, 2.24) is 9.55 Å². The van der Waals surface area contributed by atoms with Crippen molar-refractivity contribution in [2.75, 3.05) is 18.9 Å². The van der Waals surface area contributed by atoms with Gasteiger partial charge in [0.15, 0.2) is 0 Å². The number of H-pyrrole nitrogens is 1. The van der Waals surface area contributed by atoms with Crippen LogP contribution < -0.4 is 17.0 Å². The number of nitrogen functional groups attached to an aromatic ring is 1. The molecule has 2 rings (SSSR count). The molecule has 0 amide bonds. The molecule has 1 aromatic heterocycles. The summed E-state index contributed by atoms with van der Waals surface area (Å²) in [6.45, 7) is 0.994. The Kier molecular flexibility index (Phi) is 2.12. The van der Waals surface area contributed by atoms with E-state index in [2.05, 4.69) is 4.98 Å². The molecule has 3 N–H and O–H groups in total. The van der Waals surface area contributed by atoms with Crippen LogP contribution in [-0.2, 0) is 4.74 Å². The van der Waals surface area contributed by atoms with Crippen molar-refractivity contribution in [2.45, 2.75) is 12.5 Å². The van der Waals surface area contributed by atoms with Crippen LogP contribution in [0.3, 0.4) is 0 Å². The zero-order chi connectivity index (χ0) is 10.1. The van der Waals surface area contributed by atoms with Crippen molar-refractivity contribution in [3.05, 3.63) is 26.9 Å². The van der Waals surface area contributed by atoms with Crippen LogP contribution in [0.1, 0.15) is 12.5 Å². The molecule has 0 bridgehead atoms. The molecule has 1 aliphatic heterocycles. The number of rotatable bonds is 1. The molecule has 1 saturated heterocycles. The fourth-order valence-corrected chi connectivity index (χ4v) is 1.59. The molecule has 0 spiro atoms. The quantitative estimate of drug-likeness (QED) is 0.609. The van der Waals surface area contributed by atoms with Crippen LogP contribution in [0, 0.1) is 0 Å². The molecule has 1 atom stereocenters. The standard InChI is InChI=1S/C8H11N3O3/c9-6-3-7(12)11(8(13)10-6)5-1-2-14-4-5/h3,5H,1-2,4,9H2,(H,10,13). The summed E-state index contributed by atoms with van der Waals surface area (Å²) in [7, 11) is 0. The van der Waals surface area contributed by atoms with Gasteiger partial charge in [0, 0.05) is 12.7 Å². The van der Waals surface area contributed by atoms with E-state index >= 15 is 0 Å². The summed E-state index contributed by atoms with van der Waals surface area (Å²) < 4.78 is 6.26. The van der Waals surface area contributed by atoms with Crippen LogP contribution in [-0.4, -0.2) is 22.8 Å². The smallest absolute Gasteiger partial charge is 0.330 e. The lowest BCUT2D eigenvalue weighted by molar-refractivity contribution is 0.185. The van der Waals surface area contributed by atoms with Gasteiger partial charge >= 0.3 is 5.69 Å². The lowest BCUT2D eigenvalue weighted by atomic mass is 10.2. The van der Waals surface area contributed by atoms with E-state index < -0.39 is 5.69 Å². The third kappa shape index (κ3) is 1.44. The first-order valence-corrected chi connectivity index (χ1v) is 4.37. The van der Waals surface area contributed by atoms with Gasteiger partial charge in [-0.25, -0.2) is 4.79 Å². The van der Waals surface area contributed by atoms with Crippen LogP contribution in [0.15, 0.2) is 15.7 Å². The molecule has 2 heterocycles. The van der Waals surface area contributed by atoms with E-state index in [0.29, 0.717) is 19.6 Å². The summed E-state index contributed by atoms with van der Waals surface area (Å²) in [6.07, 6.45) is 0.687. The van der Waals surface area contributed by atoms with Gasteiger partial charge in [0.05, 0.1) is 12.6 Å². The van der Waals surface area contributed by atoms with Gasteiger partial charge in [0.1, 0.15) is 5.82 Å². The molecule has 1 aliphatic rings. The topological polar surface area (TPSA) is 90.1 Å². The summed E-state index contributed by atoms with van der Waals surface area (Å²) in [6, 6.07) is 1.05. The average Bonchev–Trinajstić information content (AvgIpc) is 2.54. The molecule has 14 heavy (non-hydrogen) atoms. The van der Waals surface area contributed by atoms with E-state index in [-0.39, 0.29) is 17.4 Å². The number of ether oxygens (including phenoxy) is 1. The number of aromatic amines is 1. The largest absolute Gasteiger partial charge is 0.385 e. The summed E-state index contributed by atoms with van der Waals surface area (Å²) in [5.74, 6) is 0.0927. The molecule has 1 aromatic rings. The molecule has 1 fully saturated rings. The molecule has 6 nitrogen and oxygen atoms in total. The maximum atomic E-state index is 11.5. The molecule has 76 valence electrons. The third-order valence-corrected chi connectivity index (χ3v) is 2.26. The minimum absolute atomic E-state index is 0.0927. The third-order valence-electron chi connectivity index (χ3n) is 2.26. The number of nitrogens with two attached hydrogens (primary N) is 1. The second kappa shape index (κ2) is 3.30. The lowest BCUT2D eigenvalue weighted by Gasteiger charge is -2.09. The van der Waals surface area contributed by atoms with E-state index in [4.69, 9.17) is 10.5 Å². The Morgan fingerprint density at radius 3 is 2.93 bits per heavy atom. The summed E-state index contributed by atoms with van der Waals surface area (Å²) in [4.78, 5) is 25.3. The zero-order valence-electron chi connectivity index (χ0n) is 7.53. The first-order chi connectivity index (χ1) is 6.68. The fourth-order valence-electron chi connectivity index (χ4n) is 1.59. The molecule has 0 radical (unpaired) electrons. The molecule has 0 aromatic carbocycles. The minimum atomic E-state index is -0.467. The van der Waals surface area contributed by atoms with Crippen LogP contribution >= 0.6 is 0 Å². The maximum Gasteiger partial charge on any atom is 0.330 e. The number of anilines is 1. The number of nitrogens with one attached hydrogen (secondary N) is 1. The van der Waals surface area contributed by atoms with Gasteiger partial charge in [0.25, 0.3) is 5.56 Å². The Bertz CT molecular complexity index is 411. The van der Waals surface area contributed by atoms with Crippen molar-refractivity contribution < 1.29 is 4.74 Å². The minimum Gasteiger partial charge on any atom is -0.385 e. The van der Waals surface area contributed by atoms with E-state index in [1.165, 1.54) is 6.07 Å². The number of hydrogen-bond donors (Lipinski definition) is 2. The Labute approximate surface area is 79.3 Å². The van der Waals surface area contributed by atoms with Gasteiger partial charge < -0.3 is 10.5 Å². The summed E-state index contributed by atoms with van der Waals surface area (Å²) >= 11 is 0. The zero-order valence-corrected chi connectivity index (χ0v) is 7.53. The normalized spacial score (nSPS) is 21.3. The second-order valence-electron chi connectivity index (χ2n) is 3.26. The van der Waals surface area contributed by atoms with Crippen molar-refractivity contribution in [3.8, 4) is 0 Å². The van der Waals surface area contributed by atoms with Crippen molar-refractivity contribution in [2.24, 2.45) is 0 Å². The highest BCUT2D eigenvalue weighted by molar-refractivity contribution is 5.23. The van der Waals surface area contributed by atoms with Gasteiger partial charge in [-0.3, -0.25) is 14.3 Å². The Morgan fingerprint density at radius 2 is 2.36 bits per heavy atom. The Balaban J connectivity index is 2.52. The predicted octanol–water partition coefficient (Wildman–Crippen LogP) is -0.920. The Hall–Kier alpha value is -1.56. The van der Waals surface area contributed by atoms with Crippen molar-refractivity contribution in [3.63, 3.8) is 0 Å². The maximum absolute atomic E-state index is 11.5. The van der Waals surface area contributed by atoms with E-state index in [0.717, 1.165) is 4.57 Å². The van der Waals surface area contributed by atoms with Crippen molar-refractivity contribution >= 4 is 5.82 Å². The summed E-state index contributed by atoms with van der Waals surface area (Å²) in [5.41, 5.74) is 4.49. The molecule has 0 saturated carbocycles. The molecule has 1 unspecified atom stereocenters. The van der Waals surface area contributed by atoms with Gasteiger partial charge in [0.2, 0.25) is 0 Å². The highest BCUT2D eigenvalue weighted by Crippen LogP contribution is 2.14. The average molecular weight is 197 g/mol. The van der Waals surface area contributed by atoms with Gasteiger partial charge in [-0.1, -0.05) is 0 Å².